The first kappa shape index (κ1) is 10.3. The molecule has 0 atom stereocenters. The van der Waals surface area contributed by atoms with Crippen LogP contribution in [-0.2, 0) is 0 Å². The second kappa shape index (κ2) is 4.51. The normalized spacial score (nSPS) is 30.5. The minimum Gasteiger partial charge on any atom is -0.465 e. The van der Waals surface area contributed by atoms with Crippen LogP contribution < -0.4 is 10.6 Å². The van der Waals surface area contributed by atoms with Crippen molar-refractivity contribution < 1.29 is 9.90 Å². The van der Waals surface area contributed by atoms with Crippen molar-refractivity contribution in [2.24, 2.45) is 10.9 Å². The Hall–Kier alpha value is -1.26. The van der Waals surface area contributed by atoms with Crippen molar-refractivity contribution >= 4 is 11.9 Å². The molecule has 1 aliphatic carbocycles. The lowest BCUT2D eigenvalue weighted by Crippen LogP contribution is -2.39. The van der Waals surface area contributed by atoms with Crippen LogP contribution in [0.5, 0.6) is 0 Å². The van der Waals surface area contributed by atoms with Crippen molar-refractivity contribution in [3.05, 3.63) is 0 Å². The summed E-state index contributed by atoms with van der Waals surface area (Å²) in [5.74, 6) is 1.67. The standard InChI is InChI=1S/C10H17N3O2/c14-10(15)13-8-3-1-7(2-4-8)9-11-5-6-12-9/h7-8,13H,1-6H2,(H,11,12)(H,14,15). The van der Waals surface area contributed by atoms with Gasteiger partial charge < -0.3 is 15.7 Å². The maximum absolute atomic E-state index is 10.5. The average molecular weight is 211 g/mol. The number of carbonyl (C=O) groups is 1. The number of hydrogen-bond acceptors (Lipinski definition) is 3. The Morgan fingerprint density at radius 3 is 2.67 bits per heavy atom. The van der Waals surface area contributed by atoms with Crippen molar-refractivity contribution in [3.63, 3.8) is 0 Å². The molecule has 1 fully saturated rings. The van der Waals surface area contributed by atoms with Crippen LogP contribution in [0.15, 0.2) is 4.99 Å². The highest BCUT2D eigenvalue weighted by Crippen LogP contribution is 2.25. The molecule has 1 heterocycles. The van der Waals surface area contributed by atoms with E-state index in [0.717, 1.165) is 44.6 Å². The fourth-order valence-corrected chi connectivity index (χ4v) is 2.38. The van der Waals surface area contributed by atoms with Crippen LogP contribution in [0.2, 0.25) is 0 Å². The predicted octanol–water partition coefficient (Wildman–Crippen LogP) is 0.814. The number of rotatable bonds is 2. The second-order valence-electron chi connectivity index (χ2n) is 4.19. The minimum absolute atomic E-state index is 0.140. The summed E-state index contributed by atoms with van der Waals surface area (Å²) >= 11 is 0. The lowest BCUT2D eigenvalue weighted by molar-refractivity contribution is 0.184. The van der Waals surface area contributed by atoms with Gasteiger partial charge >= 0.3 is 6.09 Å². The SMILES string of the molecule is O=C(O)NC1CCC(C2=NCCN2)CC1. The Morgan fingerprint density at radius 1 is 1.40 bits per heavy atom. The Kier molecular flexibility index (Phi) is 3.08. The number of amidine groups is 1. The summed E-state index contributed by atoms with van der Waals surface area (Å²) in [6.07, 6.45) is 3.03. The van der Waals surface area contributed by atoms with Gasteiger partial charge in [-0.2, -0.15) is 0 Å². The molecule has 0 bridgehead atoms. The molecule has 0 unspecified atom stereocenters. The molecule has 1 amide bonds. The fraction of sp³-hybridized carbons (Fsp3) is 0.800. The number of hydrogen-bond donors (Lipinski definition) is 3. The summed E-state index contributed by atoms with van der Waals surface area (Å²) in [6.45, 7) is 1.85. The molecular formula is C10H17N3O2. The number of amides is 1. The van der Waals surface area contributed by atoms with Gasteiger partial charge in [0.2, 0.25) is 0 Å². The Balaban J connectivity index is 1.79. The molecule has 2 aliphatic rings. The van der Waals surface area contributed by atoms with Crippen molar-refractivity contribution in [1.29, 1.82) is 0 Å². The van der Waals surface area contributed by atoms with Crippen LogP contribution in [0.4, 0.5) is 4.79 Å². The van der Waals surface area contributed by atoms with Gasteiger partial charge in [-0.05, 0) is 25.7 Å². The van der Waals surface area contributed by atoms with Gasteiger partial charge in [0.25, 0.3) is 0 Å². The zero-order chi connectivity index (χ0) is 10.7. The number of nitrogens with one attached hydrogen (secondary N) is 2. The zero-order valence-corrected chi connectivity index (χ0v) is 8.70. The highest BCUT2D eigenvalue weighted by atomic mass is 16.4. The molecule has 0 spiro atoms. The predicted molar refractivity (Wildman–Crippen MR) is 57.2 cm³/mol. The quantitative estimate of drug-likeness (QED) is 0.633. The van der Waals surface area contributed by atoms with Crippen LogP contribution in [-0.4, -0.2) is 36.2 Å². The van der Waals surface area contributed by atoms with Crippen LogP contribution >= 0.6 is 0 Å². The topological polar surface area (TPSA) is 73.7 Å². The van der Waals surface area contributed by atoms with Crippen molar-refractivity contribution in [3.8, 4) is 0 Å². The number of nitrogens with zero attached hydrogens (tertiary/aromatic N) is 1. The molecule has 0 aromatic rings. The highest BCUT2D eigenvalue weighted by Gasteiger charge is 2.26. The number of carboxylic acid groups (broad SMARTS) is 1. The first-order valence-electron chi connectivity index (χ1n) is 5.53. The monoisotopic (exact) mass is 211 g/mol. The smallest absolute Gasteiger partial charge is 0.404 e. The second-order valence-corrected chi connectivity index (χ2v) is 4.19. The van der Waals surface area contributed by atoms with E-state index in [4.69, 9.17) is 5.11 Å². The minimum atomic E-state index is -0.908. The van der Waals surface area contributed by atoms with E-state index in [1.807, 2.05) is 0 Å². The van der Waals surface area contributed by atoms with Crippen LogP contribution in [0.1, 0.15) is 25.7 Å². The lowest BCUT2D eigenvalue weighted by atomic mass is 9.85. The summed E-state index contributed by atoms with van der Waals surface area (Å²) in [5.41, 5.74) is 0. The van der Waals surface area contributed by atoms with Gasteiger partial charge in [-0.3, -0.25) is 4.99 Å². The average Bonchev–Trinajstić information content (AvgIpc) is 2.71. The first-order valence-corrected chi connectivity index (χ1v) is 5.53. The van der Waals surface area contributed by atoms with Crippen molar-refractivity contribution in [2.75, 3.05) is 13.1 Å². The molecular weight excluding hydrogens is 194 g/mol. The third-order valence-corrected chi connectivity index (χ3v) is 3.14. The van der Waals surface area contributed by atoms with Crippen LogP contribution in [0.25, 0.3) is 0 Å². The van der Waals surface area contributed by atoms with E-state index in [1.165, 1.54) is 0 Å². The van der Waals surface area contributed by atoms with E-state index in [2.05, 4.69) is 15.6 Å². The van der Waals surface area contributed by atoms with Gasteiger partial charge in [0, 0.05) is 18.5 Å². The molecule has 5 heteroatoms. The van der Waals surface area contributed by atoms with E-state index in [-0.39, 0.29) is 6.04 Å². The summed E-state index contributed by atoms with van der Waals surface area (Å²) in [4.78, 5) is 14.9. The van der Waals surface area contributed by atoms with Gasteiger partial charge in [-0.25, -0.2) is 4.79 Å². The largest absolute Gasteiger partial charge is 0.465 e. The van der Waals surface area contributed by atoms with E-state index in [0.29, 0.717) is 5.92 Å². The lowest BCUT2D eigenvalue weighted by Gasteiger charge is -2.28. The zero-order valence-electron chi connectivity index (χ0n) is 8.70. The molecule has 3 N–H and O–H groups in total. The van der Waals surface area contributed by atoms with Crippen LogP contribution in [0, 0.1) is 5.92 Å². The summed E-state index contributed by atoms with van der Waals surface area (Å²) in [7, 11) is 0. The van der Waals surface area contributed by atoms with Gasteiger partial charge in [0.05, 0.1) is 12.4 Å². The van der Waals surface area contributed by atoms with E-state index < -0.39 is 6.09 Å². The molecule has 0 saturated heterocycles. The van der Waals surface area contributed by atoms with Gasteiger partial charge in [-0.15, -0.1) is 0 Å². The van der Waals surface area contributed by atoms with Gasteiger partial charge in [-0.1, -0.05) is 0 Å². The molecule has 0 radical (unpaired) electrons. The maximum atomic E-state index is 10.5. The van der Waals surface area contributed by atoms with Crippen molar-refractivity contribution in [2.45, 2.75) is 31.7 Å². The Morgan fingerprint density at radius 2 is 2.13 bits per heavy atom. The van der Waals surface area contributed by atoms with E-state index in [9.17, 15) is 4.79 Å². The molecule has 1 aliphatic heterocycles. The third-order valence-electron chi connectivity index (χ3n) is 3.14. The van der Waals surface area contributed by atoms with Gasteiger partial charge in [0.15, 0.2) is 0 Å². The Labute approximate surface area is 89.0 Å². The molecule has 0 aromatic heterocycles. The number of aliphatic imine (C=N–C) groups is 1. The highest BCUT2D eigenvalue weighted by molar-refractivity contribution is 5.86. The first-order chi connectivity index (χ1) is 7.25. The molecule has 5 nitrogen and oxygen atoms in total. The molecule has 1 saturated carbocycles. The Bertz CT molecular complexity index is 270. The van der Waals surface area contributed by atoms with Gasteiger partial charge in [0.1, 0.15) is 0 Å². The van der Waals surface area contributed by atoms with Crippen molar-refractivity contribution in [1.82, 2.24) is 10.6 Å². The summed E-state index contributed by atoms with van der Waals surface area (Å²) < 4.78 is 0. The molecule has 2 rings (SSSR count). The summed E-state index contributed by atoms with van der Waals surface area (Å²) in [5, 5.41) is 14.4. The van der Waals surface area contributed by atoms with Crippen LogP contribution in [0.3, 0.4) is 0 Å². The fourth-order valence-electron chi connectivity index (χ4n) is 2.38. The molecule has 84 valence electrons. The molecule has 0 aromatic carbocycles. The van der Waals surface area contributed by atoms with E-state index >= 15 is 0 Å². The maximum Gasteiger partial charge on any atom is 0.404 e. The summed E-state index contributed by atoms with van der Waals surface area (Å²) in [6, 6.07) is 0.140. The third kappa shape index (κ3) is 2.61. The van der Waals surface area contributed by atoms with E-state index in [1.54, 1.807) is 0 Å². The molecule has 15 heavy (non-hydrogen) atoms.